The molecule has 0 atom stereocenters. The van der Waals surface area contributed by atoms with Crippen LogP contribution in [-0.4, -0.2) is 8.42 Å². The van der Waals surface area contributed by atoms with Gasteiger partial charge in [-0.05, 0) is 24.3 Å². The van der Waals surface area contributed by atoms with E-state index in [0.717, 1.165) is 0 Å². The van der Waals surface area contributed by atoms with Gasteiger partial charge in [0.15, 0.2) is 0 Å². The molecular weight excluding hydrogens is 343 g/mol. The third-order valence-electron chi connectivity index (χ3n) is 2.45. The zero-order chi connectivity index (χ0) is 14.9. The fraction of sp³-hybridized carbons (Fsp3) is 0. The van der Waals surface area contributed by atoms with E-state index in [1.807, 2.05) is 0 Å². The lowest BCUT2D eigenvalue weighted by Gasteiger charge is -2.12. The van der Waals surface area contributed by atoms with Crippen LogP contribution in [-0.2, 0) is 10.0 Å². The van der Waals surface area contributed by atoms with Crippen LogP contribution >= 0.6 is 34.8 Å². The third-order valence-corrected chi connectivity index (χ3v) is 4.69. The van der Waals surface area contributed by atoms with Crippen molar-refractivity contribution >= 4 is 56.2 Å². The highest BCUT2D eigenvalue weighted by Gasteiger charge is 2.20. The molecule has 0 fully saturated rings. The first-order valence-electron chi connectivity index (χ1n) is 5.33. The van der Waals surface area contributed by atoms with Crippen LogP contribution in [0.4, 0.5) is 11.4 Å². The Morgan fingerprint density at radius 3 is 2.10 bits per heavy atom. The van der Waals surface area contributed by atoms with Crippen molar-refractivity contribution in [2.24, 2.45) is 0 Å². The summed E-state index contributed by atoms with van der Waals surface area (Å²) >= 11 is 17.7. The Hall–Kier alpha value is -1.14. The number of hydrogen-bond donors (Lipinski definition) is 2. The van der Waals surface area contributed by atoms with Gasteiger partial charge in [-0.15, -0.1) is 0 Å². The second kappa shape index (κ2) is 5.69. The van der Waals surface area contributed by atoms with Gasteiger partial charge in [0.2, 0.25) is 0 Å². The van der Waals surface area contributed by atoms with Crippen LogP contribution in [0.5, 0.6) is 0 Å². The number of rotatable bonds is 3. The largest absolute Gasteiger partial charge is 0.398 e. The van der Waals surface area contributed by atoms with Crippen molar-refractivity contribution in [2.45, 2.75) is 4.90 Å². The summed E-state index contributed by atoms with van der Waals surface area (Å²) in [6.45, 7) is 0. The Balaban J connectivity index is 2.47. The topological polar surface area (TPSA) is 72.2 Å². The van der Waals surface area contributed by atoms with Crippen molar-refractivity contribution < 1.29 is 8.42 Å². The zero-order valence-corrected chi connectivity index (χ0v) is 13.0. The summed E-state index contributed by atoms with van der Waals surface area (Å²) in [5, 5.41) is 0.503. The van der Waals surface area contributed by atoms with Crippen molar-refractivity contribution in [2.75, 3.05) is 10.5 Å². The molecule has 2 rings (SSSR count). The standard InChI is InChI=1S/C12H9Cl3N2O2S/c13-7-5-8(14)12(9(15)6-7)17-20(18,19)11-4-2-1-3-10(11)16/h1-6,17H,16H2. The molecule has 0 amide bonds. The molecule has 0 saturated heterocycles. The Labute approximate surface area is 131 Å². The maximum atomic E-state index is 12.3. The van der Waals surface area contributed by atoms with E-state index in [9.17, 15) is 8.42 Å². The summed E-state index contributed by atoms with van der Waals surface area (Å²) in [4.78, 5) is -0.0536. The number of nitrogen functional groups attached to an aromatic ring is 1. The predicted octanol–water partition coefficient (Wildman–Crippen LogP) is 4.03. The van der Waals surface area contributed by atoms with Gasteiger partial charge in [0, 0.05) is 5.02 Å². The van der Waals surface area contributed by atoms with Crippen molar-refractivity contribution in [3.05, 3.63) is 51.5 Å². The first kappa shape index (κ1) is 15.3. The number of nitrogens with two attached hydrogens (primary N) is 1. The molecule has 3 N–H and O–H groups in total. The molecular formula is C12H9Cl3N2O2S. The number of halogens is 3. The summed E-state index contributed by atoms with van der Waals surface area (Å²) in [7, 11) is -3.89. The Kier molecular flexibility index (Phi) is 4.34. The molecule has 20 heavy (non-hydrogen) atoms. The van der Waals surface area contributed by atoms with Crippen molar-refractivity contribution in [3.8, 4) is 0 Å². The molecule has 106 valence electrons. The molecule has 2 aromatic carbocycles. The molecule has 0 saturated carbocycles. The van der Waals surface area contributed by atoms with Gasteiger partial charge in [-0.25, -0.2) is 8.42 Å². The molecule has 0 aliphatic carbocycles. The first-order valence-corrected chi connectivity index (χ1v) is 7.95. The normalized spacial score (nSPS) is 11.3. The van der Waals surface area contributed by atoms with Gasteiger partial charge in [0.1, 0.15) is 4.90 Å². The van der Waals surface area contributed by atoms with Crippen molar-refractivity contribution in [3.63, 3.8) is 0 Å². The summed E-state index contributed by atoms with van der Waals surface area (Å²) < 4.78 is 26.8. The molecule has 2 aromatic rings. The first-order chi connectivity index (χ1) is 9.31. The highest BCUT2D eigenvalue weighted by Crippen LogP contribution is 2.35. The minimum absolute atomic E-state index is 0.0536. The number of sulfonamides is 1. The fourth-order valence-electron chi connectivity index (χ4n) is 1.55. The molecule has 0 unspecified atom stereocenters. The van der Waals surface area contributed by atoms with E-state index in [-0.39, 0.29) is 26.3 Å². The van der Waals surface area contributed by atoms with Gasteiger partial charge in [-0.1, -0.05) is 46.9 Å². The van der Waals surface area contributed by atoms with Gasteiger partial charge in [-0.2, -0.15) is 0 Å². The van der Waals surface area contributed by atoms with Gasteiger partial charge >= 0.3 is 0 Å². The van der Waals surface area contributed by atoms with Gasteiger partial charge in [0.05, 0.1) is 21.4 Å². The Morgan fingerprint density at radius 2 is 1.55 bits per heavy atom. The van der Waals surface area contributed by atoms with Crippen LogP contribution < -0.4 is 10.5 Å². The Morgan fingerprint density at radius 1 is 1.00 bits per heavy atom. The zero-order valence-electron chi connectivity index (χ0n) is 9.90. The second-order valence-corrected chi connectivity index (χ2v) is 6.79. The number of hydrogen-bond acceptors (Lipinski definition) is 3. The van der Waals surface area contributed by atoms with Gasteiger partial charge in [-0.3, -0.25) is 4.72 Å². The summed E-state index contributed by atoms with van der Waals surface area (Å²) in [6, 6.07) is 8.85. The van der Waals surface area contributed by atoms with Crippen LogP contribution in [0, 0.1) is 0 Å². The highest BCUT2D eigenvalue weighted by atomic mass is 35.5. The summed E-state index contributed by atoms with van der Waals surface area (Å²) in [5.41, 5.74) is 5.84. The maximum Gasteiger partial charge on any atom is 0.264 e. The van der Waals surface area contributed by atoms with Crippen LogP contribution in [0.25, 0.3) is 0 Å². The van der Waals surface area contributed by atoms with E-state index in [1.165, 1.54) is 24.3 Å². The van der Waals surface area contributed by atoms with E-state index in [0.29, 0.717) is 5.02 Å². The monoisotopic (exact) mass is 350 g/mol. The van der Waals surface area contributed by atoms with Gasteiger partial charge in [0.25, 0.3) is 10.0 Å². The Bertz CT molecular complexity index is 740. The quantitative estimate of drug-likeness (QED) is 0.820. The molecule has 0 heterocycles. The highest BCUT2D eigenvalue weighted by molar-refractivity contribution is 7.93. The van der Waals surface area contributed by atoms with E-state index < -0.39 is 10.0 Å². The second-order valence-electron chi connectivity index (χ2n) is 3.89. The molecule has 0 aliphatic rings. The van der Waals surface area contributed by atoms with Crippen LogP contribution in [0.2, 0.25) is 15.1 Å². The van der Waals surface area contributed by atoms with Gasteiger partial charge < -0.3 is 5.73 Å². The summed E-state index contributed by atoms with van der Waals surface area (Å²) in [6.07, 6.45) is 0. The SMILES string of the molecule is Nc1ccccc1S(=O)(=O)Nc1c(Cl)cc(Cl)cc1Cl. The smallest absolute Gasteiger partial charge is 0.264 e. The van der Waals surface area contributed by atoms with Crippen LogP contribution in [0.1, 0.15) is 0 Å². The fourth-order valence-corrected chi connectivity index (χ4v) is 3.81. The lowest BCUT2D eigenvalue weighted by Crippen LogP contribution is -2.15. The van der Waals surface area contributed by atoms with Crippen LogP contribution in [0.3, 0.4) is 0 Å². The molecule has 0 aromatic heterocycles. The number of para-hydroxylation sites is 1. The van der Waals surface area contributed by atoms with Crippen molar-refractivity contribution in [1.29, 1.82) is 0 Å². The lowest BCUT2D eigenvalue weighted by atomic mass is 10.3. The third kappa shape index (κ3) is 3.12. The van der Waals surface area contributed by atoms with E-state index in [1.54, 1.807) is 12.1 Å². The minimum Gasteiger partial charge on any atom is -0.398 e. The number of nitrogens with one attached hydrogen (secondary N) is 1. The lowest BCUT2D eigenvalue weighted by molar-refractivity contribution is 0.601. The number of anilines is 2. The molecule has 8 heteroatoms. The molecule has 0 spiro atoms. The molecule has 0 radical (unpaired) electrons. The van der Waals surface area contributed by atoms with Crippen molar-refractivity contribution in [1.82, 2.24) is 0 Å². The van der Waals surface area contributed by atoms with Crippen LogP contribution in [0.15, 0.2) is 41.3 Å². The molecule has 0 aliphatic heterocycles. The minimum atomic E-state index is -3.89. The molecule has 4 nitrogen and oxygen atoms in total. The molecule has 0 bridgehead atoms. The van der Waals surface area contributed by atoms with E-state index >= 15 is 0 Å². The number of benzene rings is 2. The summed E-state index contributed by atoms with van der Waals surface area (Å²) in [5.74, 6) is 0. The average Bonchev–Trinajstić information content (AvgIpc) is 2.34. The maximum absolute atomic E-state index is 12.3. The van der Waals surface area contributed by atoms with E-state index in [4.69, 9.17) is 40.5 Å². The predicted molar refractivity (Wildman–Crippen MR) is 83.1 cm³/mol. The average molecular weight is 352 g/mol. The van der Waals surface area contributed by atoms with E-state index in [2.05, 4.69) is 4.72 Å².